The third-order valence-electron chi connectivity index (χ3n) is 3.76. The largest absolute Gasteiger partial charge is 0.495 e. The van der Waals surface area contributed by atoms with Crippen molar-refractivity contribution in [2.75, 3.05) is 26.0 Å². The Labute approximate surface area is 151 Å². The maximum atomic E-state index is 12.3. The summed E-state index contributed by atoms with van der Waals surface area (Å²) in [6.07, 6.45) is 4.03. The molecule has 0 saturated carbocycles. The van der Waals surface area contributed by atoms with Crippen molar-refractivity contribution in [3.63, 3.8) is 0 Å². The van der Waals surface area contributed by atoms with Gasteiger partial charge in [-0.1, -0.05) is 11.6 Å². The molecule has 0 spiro atoms. The summed E-state index contributed by atoms with van der Waals surface area (Å²) >= 11 is 6.04. The molecule has 25 heavy (non-hydrogen) atoms. The highest BCUT2D eigenvalue weighted by atomic mass is 35.5. The number of benzene rings is 1. The Morgan fingerprint density at radius 3 is 2.60 bits per heavy atom. The van der Waals surface area contributed by atoms with Gasteiger partial charge in [-0.05, 0) is 42.7 Å². The van der Waals surface area contributed by atoms with Gasteiger partial charge in [0, 0.05) is 37.1 Å². The van der Waals surface area contributed by atoms with E-state index in [4.69, 9.17) is 16.3 Å². The van der Waals surface area contributed by atoms with Crippen LogP contribution in [0.25, 0.3) is 0 Å². The SMILES string of the molecule is COc1cc(Cl)c(C)cc1NC(=O)C(=O)N(C)CCc1ccncc1. The molecule has 1 aromatic heterocycles. The molecule has 0 unspecified atom stereocenters. The Morgan fingerprint density at radius 1 is 1.28 bits per heavy atom. The molecule has 132 valence electrons. The molecule has 0 fully saturated rings. The van der Waals surface area contributed by atoms with Crippen LogP contribution in [0.2, 0.25) is 5.02 Å². The summed E-state index contributed by atoms with van der Waals surface area (Å²) in [6, 6.07) is 7.02. The fraction of sp³-hybridized carbons (Fsp3) is 0.278. The van der Waals surface area contributed by atoms with Crippen LogP contribution in [0.1, 0.15) is 11.1 Å². The highest BCUT2D eigenvalue weighted by Crippen LogP contribution is 2.30. The van der Waals surface area contributed by atoms with Crippen molar-refractivity contribution in [3.05, 3.63) is 52.8 Å². The molecule has 1 aromatic carbocycles. The van der Waals surface area contributed by atoms with Crippen LogP contribution in [-0.4, -0.2) is 42.4 Å². The Bertz CT molecular complexity index is 766. The monoisotopic (exact) mass is 361 g/mol. The first kappa shape index (κ1) is 18.7. The second-order valence-electron chi connectivity index (χ2n) is 5.59. The van der Waals surface area contributed by atoms with Crippen LogP contribution in [0, 0.1) is 6.92 Å². The first-order chi connectivity index (χ1) is 11.9. The number of carbonyl (C=O) groups excluding carboxylic acids is 2. The number of aryl methyl sites for hydroxylation is 1. The van der Waals surface area contributed by atoms with Gasteiger partial charge in [0.1, 0.15) is 5.75 Å². The van der Waals surface area contributed by atoms with Crippen molar-refractivity contribution >= 4 is 29.1 Å². The standard InChI is InChI=1S/C18H20ClN3O3/c1-12-10-15(16(25-3)11-14(12)19)21-17(23)18(24)22(2)9-6-13-4-7-20-8-5-13/h4-5,7-8,10-11H,6,9H2,1-3H3,(H,21,23). The molecular weight excluding hydrogens is 342 g/mol. The second kappa shape index (κ2) is 8.48. The topological polar surface area (TPSA) is 71.5 Å². The molecule has 2 amide bonds. The van der Waals surface area contributed by atoms with Crippen LogP contribution in [0.5, 0.6) is 5.75 Å². The Balaban J connectivity index is 2.00. The quantitative estimate of drug-likeness (QED) is 0.831. The number of nitrogens with one attached hydrogen (secondary N) is 1. The first-order valence-corrected chi connectivity index (χ1v) is 8.09. The van der Waals surface area contributed by atoms with Crippen LogP contribution < -0.4 is 10.1 Å². The maximum Gasteiger partial charge on any atom is 0.313 e. The van der Waals surface area contributed by atoms with Crippen molar-refractivity contribution < 1.29 is 14.3 Å². The molecule has 0 aliphatic heterocycles. The van der Waals surface area contributed by atoms with Crippen LogP contribution in [-0.2, 0) is 16.0 Å². The summed E-state index contributed by atoms with van der Waals surface area (Å²) in [5.74, 6) is -0.947. The number of nitrogens with zero attached hydrogens (tertiary/aromatic N) is 2. The van der Waals surface area contributed by atoms with Gasteiger partial charge in [-0.2, -0.15) is 0 Å². The molecule has 1 N–H and O–H groups in total. The predicted molar refractivity (Wildman–Crippen MR) is 96.9 cm³/mol. The third kappa shape index (κ3) is 4.93. The normalized spacial score (nSPS) is 10.2. The number of hydrogen-bond acceptors (Lipinski definition) is 4. The van der Waals surface area contributed by atoms with E-state index in [1.807, 2.05) is 12.1 Å². The number of hydrogen-bond donors (Lipinski definition) is 1. The predicted octanol–water partition coefficient (Wildman–Crippen LogP) is 2.69. The summed E-state index contributed by atoms with van der Waals surface area (Å²) in [4.78, 5) is 29.8. The minimum absolute atomic E-state index is 0.399. The van der Waals surface area contributed by atoms with E-state index in [-0.39, 0.29) is 0 Å². The number of methoxy groups -OCH3 is 1. The highest BCUT2D eigenvalue weighted by molar-refractivity contribution is 6.39. The summed E-state index contributed by atoms with van der Waals surface area (Å²) < 4.78 is 5.20. The van der Waals surface area contributed by atoms with Crippen molar-refractivity contribution in [2.24, 2.45) is 0 Å². The van der Waals surface area contributed by atoms with Gasteiger partial charge in [0.05, 0.1) is 12.8 Å². The Kier molecular flexibility index (Phi) is 6.36. The molecule has 2 rings (SSSR count). The van der Waals surface area contributed by atoms with E-state index in [9.17, 15) is 9.59 Å². The van der Waals surface area contributed by atoms with E-state index in [1.54, 1.807) is 38.5 Å². The van der Waals surface area contributed by atoms with E-state index in [0.717, 1.165) is 11.1 Å². The summed E-state index contributed by atoms with van der Waals surface area (Å²) in [7, 11) is 3.06. The zero-order valence-corrected chi connectivity index (χ0v) is 15.1. The van der Waals surface area contributed by atoms with E-state index in [1.165, 1.54) is 12.0 Å². The first-order valence-electron chi connectivity index (χ1n) is 7.72. The van der Waals surface area contributed by atoms with Crippen molar-refractivity contribution in [2.45, 2.75) is 13.3 Å². The maximum absolute atomic E-state index is 12.3. The highest BCUT2D eigenvalue weighted by Gasteiger charge is 2.20. The lowest BCUT2D eigenvalue weighted by atomic mass is 10.2. The van der Waals surface area contributed by atoms with Crippen molar-refractivity contribution in [3.8, 4) is 5.75 Å². The molecule has 0 atom stereocenters. The van der Waals surface area contributed by atoms with Crippen LogP contribution in [0.4, 0.5) is 5.69 Å². The molecule has 0 radical (unpaired) electrons. The van der Waals surface area contributed by atoms with Crippen LogP contribution in [0.15, 0.2) is 36.7 Å². The number of carbonyl (C=O) groups is 2. The van der Waals surface area contributed by atoms with Gasteiger partial charge in [-0.3, -0.25) is 14.6 Å². The number of ether oxygens (including phenoxy) is 1. The number of aromatic nitrogens is 1. The molecule has 7 heteroatoms. The van der Waals surface area contributed by atoms with Gasteiger partial charge in [0.2, 0.25) is 0 Å². The molecule has 6 nitrogen and oxygen atoms in total. The van der Waals surface area contributed by atoms with E-state index in [2.05, 4.69) is 10.3 Å². The lowest BCUT2D eigenvalue weighted by Gasteiger charge is -2.17. The van der Waals surface area contributed by atoms with Crippen molar-refractivity contribution in [1.82, 2.24) is 9.88 Å². The minimum atomic E-state index is -0.725. The number of anilines is 1. The molecule has 0 aliphatic rings. The Morgan fingerprint density at radius 2 is 1.96 bits per heavy atom. The number of halogens is 1. The summed E-state index contributed by atoms with van der Waals surface area (Å²) in [5.41, 5.74) is 2.23. The van der Waals surface area contributed by atoms with Gasteiger partial charge < -0.3 is 15.0 Å². The number of amides is 2. The zero-order chi connectivity index (χ0) is 18.4. The van der Waals surface area contributed by atoms with E-state index in [0.29, 0.717) is 29.4 Å². The number of likely N-dealkylation sites (N-methyl/N-ethyl adjacent to an activating group) is 1. The molecule has 1 heterocycles. The number of rotatable bonds is 5. The fourth-order valence-corrected chi connectivity index (χ4v) is 2.38. The van der Waals surface area contributed by atoms with Gasteiger partial charge in [-0.25, -0.2) is 0 Å². The average Bonchev–Trinajstić information content (AvgIpc) is 2.62. The van der Waals surface area contributed by atoms with Gasteiger partial charge in [0.15, 0.2) is 0 Å². The molecule has 0 saturated heterocycles. The van der Waals surface area contributed by atoms with Gasteiger partial charge in [0.25, 0.3) is 0 Å². The summed E-state index contributed by atoms with van der Waals surface area (Å²) in [6.45, 7) is 2.23. The minimum Gasteiger partial charge on any atom is -0.495 e. The van der Waals surface area contributed by atoms with Crippen molar-refractivity contribution in [1.29, 1.82) is 0 Å². The van der Waals surface area contributed by atoms with Gasteiger partial charge in [-0.15, -0.1) is 0 Å². The zero-order valence-electron chi connectivity index (χ0n) is 14.4. The lowest BCUT2D eigenvalue weighted by molar-refractivity contribution is -0.142. The van der Waals surface area contributed by atoms with Crippen LogP contribution >= 0.6 is 11.6 Å². The summed E-state index contributed by atoms with van der Waals surface area (Å²) in [5, 5.41) is 3.11. The molecule has 0 bridgehead atoms. The average molecular weight is 362 g/mol. The number of pyridine rings is 1. The fourth-order valence-electron chi connectivity index (χ4n) is 2.23. The van der Waals surface area contributed by atoms with E-state index < -0.39 is 11.8 Å². The smallest absolute Gasteiger partial charge is 0.313 e. The van der Waals surface area contributed by atoms with Crippen LogP contribution in [0.3, 0.4) is 0 Å². The lowest BCUT2D eigenvalue weighted by Crippen LogP contribution is -2.38. The Hall–Kier alpha value is -2.60. The third-order valence-corrected chi connectivity index (χ3v) is 4.16. The molecule has 0 aliphatic carbocycles. The van der Waals surface area contributed by atoms with Gasteiger partial charge >= 0.3 is 11.8 Å². The molecule has 2 aromatic rings. The molecular formula is C18H20ClN3O3. The second-order valence-corrected chi connectivity index (χ2v) is 6.00. The van der Waals surface area contributed by atoms with E-state index >= 15 is 0 Å².